The first-order chi connectivity index (χ1) is 8.38. The summed E-state index contributed by atoms with van der Waals surface area (Å²) in [5, 5.41) is 14.0. The van der Waals surface area contributed by atoms with Gasteiger partial charge in [-0.2, -0.15) is 5.10 Å². The Kier molecular flexibility index (Phi) is 5.13. The fourth-order valence-electron chi connectivity index (χ4n) is 1.69. The van der Waals surface area contributed by atoms with Gasteiger partial charge in [0.2, 0.25) is 0 Å². The molecule has 7 heteroatoms. The van der Waals surface area contributed by atoms with Crippen LogP contribution in [0.2, 0.25) is 5.02 Å². The highest BCUT2D eigenvalue weighted by Gasteiger charge is 2.23. The van der Waals surface area contributed by atoms with E-state index in [1.165, 1.54) is 16.7 Å². The van der Waals surface area contributed by atoms with E-state index in [2.05, 4.69) is 5.10 Å². The largest absolute Gasteiger partial charge is 0.389 e. The zero-order valence-corrected chi connectivity index (χ0v) is 11.7. The molecule has 1 N–H and O–H groups in total. The molecule has 6 nitrogen and oxygen atoms in total. The van der Waals surface area contributed by atoms with Gasteiger partial charge < -0.3 is 14.7 Å². The second-order valence-corrected chi connectivity index (χ2v) is 4.54. The van der Waals surface area contributed by atoms with Crippen molar-refractivity contribution in [2.24, 2.45) is 7.05 Å². The lowest BCUT2D eigenvalue weighted by Gasteiger charge is -2.20. The summed E-state index contributed by atoms with van der Waals surface area (Å²) in [5.74, 6) is -0.279. The first-order valence-electron chi connectivity index (χ1n) is 5.50. The van der Waals surface area contributed by atoms with E-state index in [1.54, 1.807) is 21.0 Å². The van der Waals surface area contributed by atoms with Crippen LogP contribution in [0.1, 0.15) is 16.2 Å². The van der Waals surface area contributed by atoms with Crippen molar-refractivity contribution in [3.8, 4) is 0 Å². The lowest BCUT2D eigenvalue weighted by molar-refractivity contribution is 0.0376. The summed E-state index contributed by atoms with van der Waals surface area (Å²) in [5.41, 5.74) is 0.926. The summed E-state index contributed by atoms with van der Waals surface area (Å²) < 4.78 is 6.25. The molecule has 1 aromatic rings. The van der Waals surface area contributed by atoms with E-state index in [0.717, 1.165) is 0 Å². The Hall–Kier alpha value is -1.11. The van der Waals surface area contributed by atoms with Gasteiger partial charge in [-0.3, -0.25) is 9.48 Å². The molecule has 0 fully saturated rings. The van der Waals surface area contributed by atoms with Crippen LogP contribution >= 0.6 is 11.6 Å². The molecule has 1 rings (SSSR count). The number of hydrogen-bond acceptors (Lipinski definition) is 4. The molecule has 1 heterocycles. The van der Waals surface area contributed by atoms with Gasteiger partial charge in [0.05, 0.1) is 23.4 Å². The molecule has 0 bridgehead atoms. The molecule has 1 aromatic heterocycles. The molecule has 1 atom stereocenters. The van der Waals surface area contributed by atoms with Crippen LogP contribution in [0.4, 0.5) is 0 Å². The van der Waals surface area contributed by atoms with Gasteiger partial charge in [-0.05, 0) is 6.92 Å². The second kappa shape index (κ2) is 6.17. The molecule has 0 saturated heterocycles. The number of aliphatic hydroxyl groups is 1. The maximum Gasteiger partial charge on any atom is 0.273 e. The molecule has 0 unspecified atom stereocenters. The minimum absolute atomic E-state index is 0.174. The van der Waals surface area contributed by atoms with E-state index in [0.29, 0.717) is 16.4 Å². The number of rotatable bonds is 5. The van der Waals surface area contributed by atoms with E-state index >= 15 is 0 Å². The van der Waals surface area contributed by atoms with Crippen molar-refractivity contribution in [1.82, 2.24) is 14.7 Å². The molecule has 0 aliphatic rings. The summed E-state index contributed by atoms with van der Waals surface area (Å²) in [6, 6.07) is 0. The highest BCUT2D eigenvalue weighted by Crippen LogP contribution is 2.20. The zero-order valence-electron chi connectivity index (χ0n) is 11.0. The number of aryl methyl sites for hydroxylation is 2. The number of likely N-dealkylation sites (N-methyl/N-ethyl adjacent to an activating group) is 1. The minimum Gasteiger partial charge on any atom is -0.389 e. The van der Waals surface area contributed by atoms with Gasteiger partial charge in [-0.25, -0.2) is 0 Å². The third-order valence-electron chi connectivity index (χ3n) is 2.54. The lowest BCUT2D eigenvalue weighted by Crippen LogP contribution is -2.37. The highest BCUT2D eigenvalue weighted by molar-refractivity contribution is 6.34. The third kappa shape index (κ3) is 3.22. The molecule has 0 aromatic carbocycles. The summed E-state index contributed by atoms with van der Waals surface area (Å²) in [7, 11) is 4.75. The molecule has 1 amide bonds. The molecular formula is C11H18ClN3O3. The first-order valence-corrected chi connectivity index (χ1v) is 5.87. The number of aromatic nitrogens is 2. The fraction of sp³-hybridized carbons (Fsp3) is 0.636. The van der Waals surface area contributed by atoms with Gasteiger partial charge in [-0.1, -0.05) is 11.6 Å². The van der Waals surface area contributed by atoms with Crippen LogP contribution in [0.3, 0.4) is 0 Å². The zero-order chi connectivity index (χ0) is 13.9. The quantitative estimate of drug-likeness (QED) is 0.848. The number of hydrogen-bond donors (Lipinski definition) is 1. The molecule has 0 radical (unpaired) electrons. The van der Waals surface area contributed by atoms with Crippen LogP contribution in [0.5, 0.6) is 0 Å². The number of carbonyl (C=O) groups is 1. The average Bonchev–Trinajstić information content (AvgIpc) is 2.52. The summed E-state index contributed by atoms with van der Waals surface area (Å²) in [4.78, 5) is 13.6. The number of nitrogens with zero attached hydrogens (tertiary/aromatic N) is 3. The van der Waals surface area contributed by atoms with E-state index < -0.39 is 6.10 Å². The van der Waals surface area contributed by atoms with E-state index in [4.69, 9.17) is 16.3 Å². The van der Waals surface area contributed by atoms with Crippen LogP contribution in [-0.4, -0.2) is 59.1 Å². The second-order valence-electron chi connectivity index (χ2n) is 4.17. The Balaban J connectivity index is 2.80. The van der Waals surface area contributed by atoms with Gasteiger partial charge in [0.1, 0.15) is 5.69 Å². The standard InChI is InChI=1S/C11H18ClN3O3/c1-7-9(12)10(15(3)13-7)11(17)14(2)5-8(16)6-18-4/h8,16H,5-6H2,1-4H3/t8-/m1/s1. The Labute approximate surface area is 111 Å². The highest BCUT2D eigenvalue weighted by atomic mass is 35.5. The fourth-order valence-corrected chi connectivity index (χ4v) is 1.93. The predicted octanol–water partition coefficient (Wildman–Crippen LogP) is 0.461. The van der Waals surface area contributed by atoms with Crippen molar-refractivity contribution in [2.45, 2.75) is 13.0 Å². The molecule has 102 valence electrons. The van der Waals surface area contributed by atoms with Crippen molar-refractivity contribution in [3.05, 3.63) is 16.4 Å². The predicted molar refractivity (Wildman–Crippen MR) is 67.8 cm³/mol. The SMILES string of the molecule is COC[C@H](O)CN(C)C(=O)c1c(Cl)c(C)nn1C. The summed E-state index contributed by atoms with van der Waals surface area (Å²) in [6.07, 6.45) is -0.725. The maximum atomic E-state index is 12.2. The van der Waals surface area contributed by atoms with E-state index in [1.807, 2.05) is 0 Å². The minimum atomic E-state index is -0.725. The van der Waals surface area contributed by atoms with E-state index in [9.17, 15) is 9.90 Å². The Morgan fingerprint density at radius 1 is 1.67 bits per heavy atom. The molecule has 0 spiro atoms. The van der Waals surface area contributed by atoms with Gasteiger partial charge in [-0.15, -0.1) is 0 Å². The van der Waals surface area contributed by atoms with Crippen molar-refractivity contribution >= 4 is 17.5 Å². The summed E-state index contributed by atoms with van der Waals surface area (Å²) >= 11 is 6.03. The molecule has 0 saturated carbocycles. The van der Waals surface area contributed by atoms with Gasteiger partial charge in [0.25, 0.3) is 5.91 Å². The molecule has 0 aliphatic carbocycles. The normalized spacial score (nSPS) is 12.6. The Morgan fingerprint density at radius 2 is 2.28 bits per heavy atom. The number of aliphatic hydroxyl groups excluding tert-OH is 1. The van der Waals surface area contributed by atoms with Crippen LogP contribution < -0.4 is 0 Å². The third-order valence-corrected chi connectivity index (χ3v) is 2.99. The molecular weight excluding hydrogens is 258 g/mol. The molecule has 18 heavy (non-hydrogen) atoms. The van der Waals surface area contributed by atoms with Gasteiger partial charge in [0.15, 0.2) is 0 Å². The number of amides is 1. The Morgan fingerprint density at radius 3 is 2.72 bits per heavy atom. The van der Waals surface area contributed by atoms with Crippen molar-refractivity contribution < 1.29 is 14.6 Å². The number of halogens is 1. The van der Waals surface area contributed by atoms with Crippen LogP contribution in [0.15, 0.2) is 0 Å². The van der Waals surface area contributed by atoms with Crippen molar-refractivity contribution in [3.63, 3.8) is 0 Å². The smallest absolute Gasteiger partial charge is 0.273 e. The van der Waals surface area contributed by atoms with Gasteiger partial charge >= 0.3 is 0 Å². The van der Waals surface area contributed by atoms with Crippen LogP contribution in [0.25, 0.3) is 0 Å². The Bertz CT molecular complexity index is 433. The average molecular weight is 276 g/mol. The van der Waals surface area contributed by atoms with Crippen molar-refractivity contribution in [2.75, 3.05) is 27.3 Å². The maximum absolute atomic E-state index is 12.2. The first kappa shape index (κ1) is 14.9. The summed E-state index contributed by atoms with van der Waals surface area (Å²) in [6.45, 7) is 2.09. The van der Waals surface area contributed by atoms with Gasteiger partial charge in [0, 0.05) is 27.7 Å². The number of ether oxygens (including phenoxy) is 1. The monoisotopic (exact) mass is 275 g/mol. The number of methoxy groups -OCH3 is 1. The lowest BCUT2D eigenvalue weighted by atomic mass is 10.3. The van der Waals surface area contributed by atoms with Crippen molar-refractivity contribution in [1.29, 1.82) is 0 Å². The molecule has 0 aliphatic heterocycles. The van der Waals surface area contributed by atoms with Crippen LogP contribution in [0, 0.1) is 6.92 Å². The van der Waals surface area contributed by atoms with E-state index in [-0.39, 0.29) is 19.1 Å². The van der Waals surface area contributed by atoms with Crippen LogP contribution in [-0.2, 0) is 11.8 Å². The number of carbonyl (C=O) groups excluding carboxylic acids is 1. The topological polar surface area (TPSA) is 67.6 Å².